The summed E-state index contributed by atoms with van der Waals surface area (Å²) in [5, 5.41) is 0. The highest BCUT2D eigenvalue weighted by Crippen LogP contribution is 2.21. The lowest BCUT2D eigenvalue weighted by atomic mass is 10.1. The normalized spacial score (nSPS) is 21.7. The molecule has 0 bridgehead atoms. The predicted octanol–water partition coefficient (Wildman–Crippen LogP) is 0.546. The van der Waals surface area contributed by atoms with Crippen LogP contribution in [0.4, 0.5) is 4.39 Å². The number of sulfonamides is 2. The fourth-order valence-corrected chi connectivity index (χ4v) is 6.04. The van der Waals surface area contributed by atoms with Crippen LogP contribution in [0.1, 0.15) is 6.42 Å². The summed E-state index contributed by atoms with van der Waals surface area (Å²) in [7, 11) is -7.26. The maximum Gasteiger partial charge on any atom is 0.256 e. The average Bonchev–Trinajstić information content (AvgIpc) is 2.99. The van der Waals surface area contributed by atoms with Crippen LogP contribution in [0.15, 0.2) is 57.5 Å². The average molecular weight is 469 g/mol. The van der Waals surface area contributed by atoms with Crippen LogP contribution >= 0.6 is 0 Å². The summed E-state index contributed by atoms with van der Waals surface area (Å²) in [6.07, 6.45) is 5.05. The number of benzene rings is 1. The Bertz CT molecular complexity index is 1190. The highest BCUT2D eigenvalue weighted by molar-refractivity contribution is 7.90. The molecule has 0 unspecified atom stereocenters. The second-order valence-corrected chi connectivity index (χ2v) is 11.0. The number of rotatable bonds is 3. The molecule has 1 aromatic carbocycles. The van der Waals surface area contributed by atoms with E-state index in [-0.39, 0.29) is 48.6 Å². The number of nitrogens with zero attached hydrogens (tertiary/aromatic N) is 4. The summed E-state index contributed by atoms with van der Waals surface area (Å²) in [6, 6.07) is 4.67. The number of amides is 1. The number of fused-ring (bicyclic) bond motifs is 1. The Balaban J connectivity index is 1.46. The first-order valence-corrected chi connectivity index (χ1v) is 12.7. The van der Waals surface area contributed by atoms with E-state index in [0.29, 0.717) is 18.5 Å². The van der Waals surface area contributed by atoms with Gasteiger partial charge in [-0.2, -0.15) is 4.31 Å². The van der Waals surface area contributed by atoms with Crippen LogP contribution in [0.2, 0.25) is 0 Å². The maximum atomic E-state index is 13.1. The van der Waals surface area contributed by atoms with Gasteiger partial charge in [0.25, 0.3) is 15.9 Å². The minimum Gasteiger partial charge on any atom is -0.337 e. The number of carbonyl (C=O) groups excluding carboxylic acids is 1. The second kappa shape index (κ2) is 8.17. The van der Waals surface area contributed by atoms with Crippen molar-refractivity contribution in [3.05, 3.63) is 54.0 Å². The highest BCUT2D eigenvalue weighted by atomic mass is 32.2. The molecule has 1 amide bonds. The quantitative estimate of drug-likeness (QED) is 0.641. The molecule has 0 aliphatic carbocycles. The van der Waals surface area contributed by atoms with Crippen molar-refractivity contribution in [3.63, 3.8) is 0 Å². The Labute approximate surface area is 180 Å². The van der Waals surface area contributed by atoms with E-state index in [0.717, 1.165) is 12.1 Å². The smallest absolute Gasteiger partial charge is 0.256 e. The zero-order valence-electron chi connectivity index (χ0n) is 16.5. The van der Waals surface area contributed by atoms with Crippen LogP contribution < -0.4 is 0 Å². The molecule has 3 heterocycles. The van der Waals surface area contributed by atoms with Crippen LogP contribution in [0.25, 0.3) is 0 Å². The van der Waals surface area contributed by atoms with Gasteiger partial charge in [0.2, 0.25) is 10.0 Å². The van der Waals surface area contributed by atoms with E-state index < -0.39 is 25.9 Å². The van der Waals surface area contributed by atoms with Crippen LogP contribution in [-0.4, -0.2) is 81.2 Å². The number of hydrogen-bond acceptors (Lipinski definition) is 6. The van der Waals surface area contributed by atoms with Gasteiger partial charge in [0.05, 0.1) is 16.2 Å². The van der Waals surface area contributed by atoms with Gasteiger partial charge in [-0.05, 0) is 42.8 Å². The van der Waals surface area contributed by atoms with Crippen molar-refractivity contribution in [2.45, 2.75) is 11.3 Å². The fourth-order valence-electron chi connectivity index (χ4n) is 3.60. The molecule has 9 nitrogen and oxygen atoms in total. The first-order valence-electron chi connectivity index (χ1n) is 9.70. The van der Waals surface area contributed by atoms with Gasteiger partial charge in [-0.1, -0.05) is 0 Å². The van der Waals surface area contributed by atoms with E-state index in [9.17, 15) is 26.0 Å². The molecule has 0 atom stereocenters. The second-order valence-electron chi connectivity index (χ2n) is 7.35. The van der Waals surface area contributed by atoms with Crippen LogP contribution in [0, 0.1) is 5.82 Å². The molecular formula is C19H21FN4O5S2. The molecule has 3 aliphatic rings. The van der Waals surface area contributed by atoms with Gasteiger partial charge in [-0.3, -0.25) is 4.79 Å². The van der Waals surface area contributed by atoms with E-state index in [4.69, 9.17) is 0 Å². The molecule has 12 heteroatoms. The summed E-state index contributed by atoms with van der Waals surface area (Å²) in [4.78, 5) is 16.2. The standard InChI is InChI=1S/C19H21FN4O5S2/c20-16-3-5-17(6-4-16)31(28,29)24-9-1-8-22(10-11-24)19(25)15-2-7-18-21-30(26,27)13-12-23(18)14-15/h2-7,14H,1,8-13H2. The van der Waals surface area contributed by atoms with E-state index in [1.165, 1.54) is 28.6 Å². The molecule has 4 rings (SSSR count). The van der Waals surface area contributed by atoms with Gasteiger partial charge in [0.15, 0.2) is 0 Å². The highest BCUT2D eigenvalue weighted by Gasteiger charge is 2.30. The summed E-state index contributed by atoms with van der Waals surface area (Å²) >= 11 is 0. The van der Waals surface area contributed by atoms with Crippen molar-refractivity contribution < 1.29 is 26.0 Å². The van der Waals surface area contributed by atoms with E-state index in [1.54, 1.807) is 16.0 Å². The first kappa shape index (κ1) is 21.7. The topological polar surface area (TPSA) is 107 Å². The van der Waals surface area contributed by atoms with Crippen molar-refractivity contribution >= 4 is 31.8 Å². The minimum absolute atomic E-state index is 0.0125. The Morgan fingerprint density at radius 3 is 2.48 bits per heavy atom. The third kappa shape index (κ3) is 4.55. The fraction of sp³-hybridized carbons (Fsp3) is 0.368. The molecule has 0 aromatic heterocycles. The Kier molecular flexibility index (Phi) is 5.71. The summed E-state index contributed by atoms with van der Waals surface area (Å²) in [6.45, 7) is 1.18. The zero-order chi connectivity index (χ0) is 22.2. The lowest BCUT2D eigenvalue weighted by Gasteiger charge is -2.28. The molecule has 1 aromatic rings. The van der Waals surface area contributed by atoms with E-state index in [2.05, 4.69) is 4.40 Å². The SMILES string of the molecule is O=C(C1=CN2CCS(=O)(=O)N=C2C=C1)N1CCCN(S(=O)(=O)c2ccc(F)cc2)CC1. The molecule has 0 N–H and O–H groups in total. The van der Waals surface area contributed by atoms with Crippen molar-refractivity contribution in [2.75, 3.05) is 38.5 Å². The minimum atomic E-state index is -3.78. The first-order chi connectivity index (χ1) is 14.7. The number of amidine groups is 1. The van der Waals surface area contributed by atoms with Gasteiger partial charge < -0.3 is 9.80 Å². The molecule has 1 saturated heterocycles. The predicted molar refractivity (Wildman–Crippen MR) is 112 cm³/mol. The third-order valence-electron chi connectivity index (χ3n) is 5.26. The largest absolute Gasteiger partial charge is 0.337 e. The molecular weight excluding hydrogens is 447 g/mol. The van der Waals surface area contributed by atoms with Crippen LogP contribution in [0.3, 0.4) is 0 Å². The molecule has 0 spiro atoms. The van der Waals surface area contributed by atoms with Gasteiger partial charge >= 0.3 is 0 Å². The molecule has 31 heavy (non-hydrogen) atoms. The van der Waals surface area contributed by atoms with Gasteiger partial charge in [-0.25, -0.2) is 21.2 Å². The third-order valence-corrected chi connectivity index (χ3v) is 8.34. The number of hydrogen-bond donors (Lipinski definition) is 0. The van der Waals surface area contributed by atoms with Gasteiger partial charge in [0.1, 0.15) is 11.7 Å². The van der Waals surface area contributed by atoms with Crippen LogP contribution in [0.5, 0.6) is 0 Å². The lowest BCUT2D eigenvalue weighted by Crippen LogP contribution is -2.40. The summed E-state index contributed by atoms with van der Waals surface area (Å²) < 4.78 is 67.1. The van der Waals surface area contributed by atoms with Crippen molar-refractivity contribution in [1.82, 2.24) is 14.1 Å². The zero-order valence-corrected chi connectivity index (χ0v) is 18.1. The Hall–Kier alpha value is -2.57. The molecule has 0 saturated carbocycles. The summed E-state index contributed by atoms with van der Waals surface area (Å²) in [5.74, 6) is -0.623. The number of carbonyl (C=O) groups is 1. The molecule has 0 radical (unpaired) electrons. The summed E-state index contributed by atoms with van der Waals surface area (Å²) in [5.41, 5.74) is 0.382. The Morgan fingerprint density at radius 1 is 1.00 bits per heavy atom. The molecule has 166 valence electrons. The van der Waals surface area contributed by atoms with Gasteiger partial charge in [0, 0.05) is 38.9 Å². The van der Waals surface area contributed by atoms with Crippen molar-refractivity contribution in [2.24, 2.45) is 4.40 Å². The number of halogens is 1. The Morgan fingerprint density at radius 2 is 1.74 bits per heavy atom. The van der Waals surface area contributed by atoms with Gasteiger partial charge in [-0.15, -0.1) is 4.40 Å². The van der Waals surface area contributed by atoms with E-state index >= 15 is 0 Å². The lowest BCUT2D eigenvalue weighted by molar-refractivity contribution is -0.126. The van der Waals surface area contributed by atoms with Crippen molar-refractivity contribution in [1.29, 1.82) is 0 Å². The van der Waals surface area contributed by atoms with Crippen LogP contribution in [-0.2, 0) is 24.8 Å². The maximum absolute atomic E-state index is 13.1. The monoisotopic (exact) mass is 468 g/mol. The van der Waals surface area contributed by atoms with Crippen molar-refractivity contribution in [3.8, 4) is 0 Å². The molecule has 3 aliphatic heterocycles. The molecule has 1 fully saturated rings. The van der Waals surface area contributed by atoms with E-state index in [1.807, 2.05) is 0 Å².